The lowest BCUT2D eigenvalue weighted by Crippen LogP contribution is -1.83. The van der Waals surface area contributed by atoms with Gasteiger partial charge in [0.2, 0.25) is 5.82 Å². The molecule has 2 aromatic carbocycles. The van der Waals surface area contributed by atoms with Crippen LogP contribution in [0.15, 0.2) is 40.9 Å². The lowest BCUT2D eigenvalue weighted by Gasteiger charge is -2.00. The summed E-state index contributed by atoms with van der Waals surface area (Å²) in [5.41, 5.74) is 1.88. The van der Waals surface area contributed by atoms with Gasteiger partial charge in [-0.15, -0.1) is 0 Å². The molecule has 0 radical (unpaired) electrons. The van der Waals surface area contributed by atoms with E-state index in [0.717, 1.165) is 5.56 Å². The van der Waals surface area contributed by atoms with Crippen molar-refractivity contribution >= 4 is 0 Å². The maximum atomic E-state index is 9.85. The van der Waals surface area contributed by atoms with Crippen molar-refractivity contribution in [2.24, 2.45) is 0 Å². The highest BCUT2D eigenvalue weighted by Gasteiger charge is 2.15. The van der Waals surface area contributed by atoms with Crippen molar-refractivity contribution in [1.29, 1.82) is 0 Å². The van der Waals surface area contributed by atoms with Gasteiger partial charge in [0.25, 0.3) is 5.89 Å². The van der Waals surface area contributed by atoms with Gasteiger partial charge in [0.1, 0.15) is 5.75 Å². The number of rotatable bonds is 2. The number of aryl methyl sites for hydroxylation is 1. The van der Waals surface area contributed by atoms with Crippen LogP contribution in [0.1, 0.15) is 5.56 Å². The monoisotopic (exact) mass is 284 g/mol. The third-order valence-electron chi connectivity index (χ3n) is 3.04. The van der Waals surface area contributed by atoms with Crippen molar-refractivity contribution in [1.82, 2.24) is 10.1 Å². The van der Waals surface area contributed by atoms with Crippen LogP contribution in [0, 0.1) is 6.92 Å². The lowest BCUT2D eigenvalue weighted by molar-refractivity contribution is 0.403. The molecule has 6 heteroatoms. The summed E-state index contributed by atoms with van der Waals surface area (Å²) in [5, 5.41) is 32.4. The molecule has 0 aliphatic heterocycles. The van der Waals surface area contributed by atoms with Gasteiger partial charge in [-0.05, 0) is 37.3 Å². The summed E-state index contributed by atoms with van der Waals surface area (Å²) in [6.07, 6.45) is 0. The molecule has 0 unspecified atom stereocenters. The Balaban J connectivity index is 2.03. The van der Waals surface area contributed by atoms with Gasteiger partial charge in [0.15, 0.2) is 11.5 Å². The Labute approximate surface area is 119 Å². The molecule has 21 heavy (non-hydrogen) atoms. The van der Waals surface area contributed by atoms with Crippen molar-refractivity contribution in [3.8, 4) is 40.1 Å². The number of aromatic hydroxyl groups is 3. The molecule has 0 amide bonds. The maximum Gasteiger partial charge on any atom is 0.262 e. The fourth-order valence-corrected chi connectivity index (χ4v) is 1.93. The van der Waals surface area contributed by atoms with Crippen molar-refractivity contribution in [2.75, 3.05) is 0 Å². The van der Waals surface area contributed by atoms with E-state index in [1.807, 2.05) is 6.92 Å². The van der Waals surface area contributed by atoms with Gasteiger partial charge < -0.3 is 19.8 Å². The van der Waals surface area contributed by atoms with Crippen LogP contribution in [0.5, 0.6) is 17.2 Å². The minimum atomic E-state index is -0.266. The van der Waals surface area contributed by atoms with Crippen LogP contribution in [0.25, 0.3) is 22.8 Å². The van der Waals surface area contributed by atoms with E-state index in [1.54, 1.807) is 24.3 Å². The third kappa shape index (κ3) is 2.38. The van der Waals surface area contributed by atoms with Crippen LogP contribution < -0.4 is 0 Å². The van der Waals surface area contributed by atoms with Crippen molar-refractivity contribution in [3.63, 3.8) is 0 Å². The molecular formula is C15H12N2O4. The first kappa shape index (κ1) is 13.0. The second-order valence-corrected chi connectivity index (χ2v) is 4.65. The number of benzene rings is 2. The standard InChI is InChI=1S/C15H12N2O4/c1-8-2-4-11(18)10(6-8)15-16-14(17-21-15)9-3-5-12(19)13(20)7-9/h2-7,18-20H,1H3. The molecule has 0 spiro atoms. The average molecular weight is 284 g/mol. The summed E-state index contributed by atoms with van der Waals surface area (Å²) < 4.78 is 5.15. The molecule has 3 aromatic rings. The molecule has 3 N–H and O–H groups in total. The molecule has 0 saturated carbocycles. The van der Waals surface area contributed by atoms with Gasteiger partial charge in [-0.3, -0.25) is 0 Å². The molecule has 1 heterocycles. The Bertz CT molecular complexity index is 811. The summed E-state index contributed by atoms with van der Waals surface area (Å²) in [5.74, 6) is -0.0135. The van der Waals surface area contributed by atoms with E-state index in [4.69, 9.17) is 4.52 Å². The predicted molar refractivity (Wildman–Crippen MR) is 74.9 cm³/mol. The summed E-state index contributed by atoms with van der Waals surface area (Å²) in [7, 11) is 0. The molecule has 0 fully saturated rings. The third-order valence-corrected chi connectivity index (χ3v) is 3.04. The van der Waals surface area contributed by atoms with E-state index in [-0.39, 0.29) is 29.0 Å². The topological polar surface area (TPSA) is 99.6 Å². The van der Waals surface area contributed by atoms with E-state index in [9.17, 15) is 15.3 Å². The average Bonchev–Trinajstić information content (AvgIpc) is 2.94. The molecule has 1 aromatic heterocycles. The lowest BCUT2D eigenvalue weighted by atomic mass is 10.1. The molecule has 0 bridgehead atoms. The zero-order valence-corrected chi connectivity index (χ0v) is 11.1. The minimum Gasteiger partial charge on any atom is -0.507 e. The summed E-state index contributed by atoms with van der Waals surface area (Å²) in [6.45, 7) is 1.89. The maximum absolute atomic E-state index is 9.85. The van der Waals surface area contributed by atoms with E-state index in [1.165, 1.54) is 12.1 Å². The minimum absolute atomic E-state index is 0.0457. The number of phenols is 3. The first-order valence-electron chi connectivity index (χ1n) is 6.20. The number of hydrogen-bond acceptors (Lipinski definition) is 6. The molecule has 0 aliphatic rings. The van der Waals surface area contributed by atoms with E-state index in [2.05, 4.69) is 10.1 Å². The Morgan fingerprint density at radius 2 is 1.67 bits per heavy atom. The highest BCUT2D eigenvalue weighted by Crippen LogP contribution is 2.32. The number of aromatic nitrogens is 2. The number of hydrogen-bond donors (Lipinski definition) is 3. The molecule has 0 saturated heterocycles. The quantitative estimate of drug-likeness (QED) is 0.626. The molecule has 6 nitrogen and oxygen atoms in total. The molecule has 0 aliphatic carbocycles. The predicted octanol–water partition coefficient (Wildman–Crippen LogP) is 2.83. The zero-order chi connectivity index (χ0) is 15.0. The van der Waals surface area contributed by atoms with Crippen LogP contribution in [0.3, 0.4) is 0 Å². The van der Waals surface area contributed by atoms with Crippen LogP contribution in [-0.4, -0.2) is 25.5 Å². The van der Waals surface area contributed by atoms with E-state index >= 15 is 0 Å². The normalized spacial score (nSPS) is 10.7. The van der Waals surface area contributed by atoms with Gasteiger partial charge in [-0.2, -0.15) is 4.98 Å². The molecular weight excluding hydrogens is 272 g/mol. The number of nitrogens with zero attached hydrogens (tertiary/aromatic N) is 2. The Hall–Kier alpha value is -3.02. The van der Waals surface area contributed by atoms with Crippen LogP contribution >= 0.6 is 0 Å². The fourth-order valence-electron chi connectivity index (χ4n) is 1.93. The van der Waals surface area contributed by atoms with Crippen molar-refractivity contribution < 1.29 is 19.8 Å². The van der Waals surface area contributed by atoms with Gasteiger partial charge in [0.05, 0.1) is 5.56 Å². The van der Waals surface area contributed by atoms with Crippen molar-refractivity contribution in [3.05, 3.63) is 42.0 Å². The SMILES string of the molecule is Cc1ccc(O)c(-c2nc(-c3ccc(O)c(O)c3)no2)c1. The fraction of sp³-hybridized carbons (Fsp3) is 0.0667. The van der Waals surface area contributed by atoms with Crippen LogP contribution in [0.4, 0.5) is 0 Å². The Morgan fingerprint density at radius 3 is 2.43 bits per heavy atom. The highest BCUT2D eigenvalue weighted by atomic mass is 16.5. The van der Waals surface area contributed by atoms with Gasteiger partial charge in [0, 0.05) is 5.56 Å². The first-order chi connectivity index (χ1) is 10.0. The first-order valence-corrected chi connectivity index (χ1v) is 6.20. The van der Waals surface area contributed by atoms with Gasteiger partial charge in [-0.1, -0.05) is 16.8 Å². The van der Waals surface area contributed by atoms with Crippen LogP contribution in [0.2, 0.25) is 0 Å². The van der Waals surface area contributed by atoms with Crippen LogP contribution in [-0.2, 0) is 0 Å². The largest absolute Gasteiger partial charge is 0.507 e. The summed E-state index contributed by atoms with van der Waals surface area (Å²) in [6, 6.07) is 9.29. The zero-order valence-electron chi connectivity index (χ0n) is 11.1. The Kier molecular flexibility index (Phi) is 2.98. The van der Waals surface area contributed by atoms with Crippen molar-refractivity contribution in [2.45, 2.75) is 6.92 Å². The smallest absolute Gasteiger partial charge is 0.262 e. The number of phenolic OH excluding ortho intramolecular Hbond substituents is 3. The summed E-state index contributed by atoms with van der Waals surface area (Å²) >= 11 is 0. The van der Waals surface area contributed by atoms with Gasteiger partial charge in [-0.25, -0.2) is 0 Å². The Morgan fingerprint density at radius 1 is 0.905 bits per heavy atom. The second-order valence-electron chi connectivity index (χ2n) is 4.65. The molecule has 3 rings (SSSR count). The van der Waals surface area contributed by atoms with E-state index < -0.39 is 0 Å². The van der Waals surface area contributed by atoms with Gasteiger partial charge >= 0.3 is 0 Å². The second kappa shape index (κ2) is 4.82. The highest BCUT2D eigenvalue weighted by molar-refractivity contribution is 5.66. The summed E-state index contributed by atoms with van der Waals surface area (Å²) in [4.78, 5) is 4.19. The molecule has 0 atom stereocenters. The van der Waals surface area contributed by atoms with E-state index in [0.29, 0.717) is 11.1 Å². The molecule has 106 valence electrons.